The molecule has 1 aromatic rings. The number of aromatic amines is 1. The minimum Gasteiger partial charge on any atom is -0.387 e. The van der Waals surface area contributed by atoms with Gasteiger partial charge in [0.25, 0.3) is 10.0 Å². The molecule has 0 atom stereocenters. The molecular formula is C6H11N5O2S. The second-order valence-electron chi connectivity index (χ2n) is 2.70. The van der Waals surface area contributed by atoms with Gasteiger partial charge in [-0.25, -0.2) is 13.4 Å². The fourth-order valence-electron chi connectivity index (χ4n) is 0.877. The highest BCUT2D eigenvalue weighted by Gasteiger charge is 2.22. The van der Waals surface area contributed by atoms with Crippen molar-refractivity contribution in [3.8, 4) is 0 Å². The summed E-state index contributed by atoms with van der Waals surface area (Å²) in [5.41, 5.74) is 5.09. The molecule has 0 unspecified atom stereocenters. The molecule has 1 aromatic heterocycles. The van der Waals surface area contributed by atoms with Gasteiger partial charge in [0, 0.05) is 7.05 Å². The van der Waals surface area contributed by atoms with Crippen LogP contribution in [-0.2, 0) is 10.0 Å². The van der Waals surface area contributed by atoms with Crippen LogP contribution in [0.15, 0.2) is 17.6 Å². The Kier molecular flexibility index (Phi) is 2.87. The molecule has 0 saturated carbocycles. The van der Waals surface area contributed by atoms with Crippen LogP contribution in [-0.4, -0.2) is 42.1 Å². The Morgan fingerprint density at radius 1 is 1.79 bits per heavy atom. The van der Waals surface area contributed by atoms with E-state index in [1.807, 2.05) is 0 Å². The topological polar surface area (TPSA) is 116 Å². The number of hydrogen-bond donors (Lipinski definition) is 3. The molecule has 7 nitrogen and oxygen atoms in total. The van der Waals surface area contributed by atoms with Crippen LogP contribution < -0.4 is 5.73 Å². The third kappa shape index (κ3) is 2.09. The average molecular weight is 217 g/mol. The maximum atomic E-state index is 11.6. The number of likely N-dealkylation sites (N-methyl/N-ethyl adjacent to an activating group) is 1. The van der Waals surface area contributed by atoms with Crippen molar-refractivity contribution < 1.29 is 8.42 Å². The molecule has 8 heteroatoms. The molecule has 0 radical (unpaired) electrons. The Hall–Kier alpha value is -1.41. The maximum absolute atomic E-state index is 11.6. The van der Waals surface area contributed by atoms with E-state index in [-0.39, 0.29) is 17.4 Å². The zero-order valence-corrected chi connectivity index (χ0v) is 8.37. The number of sulfonamides is 1. The minimum absolute atomic E-state index is 0.0127. The van der Waals surface area contributed by atoms with Gasteiger partial charge in [-0.1, -0.05) is 0 Å². The van der Waals surface area contributed by atoms with E-state index in [9.17, 15) is 8.42 Å². The molecule has 0 spiro atoms. The molecule has 0 fully saturated rings. The molecule has 1 rings (SSSR count). The molecule has 0 saturated heterocycles. The van der Waals surface area contributed by atoms with Crippen molar-refractivity contribution in [1.82, 2.24) is 14.3 Å². The predicted molar refractivity (Wildman–Crippen MR) is 50.3 cm³/mol. The molecule has 0 aromatic carbocycles. The Morgan fingerprint density at radius 2 is 2.43 bits per heavy atom. The molecule has 0 amide bonds. The second kappa shape index (κ2) is 3.76. The van der Waals surface area contributed by atoms with Crippen LogP contribution in [0.2, 0.25) is 0 Å². The van der Waals surface area contributed by atoms with Gasteiger partial charge in [-0.05, 0) is 0 Å². The molecule has 1 heterocycles. The number of nitrogens with zero attached hydrogens (tertiary/aromatic N) is 2. The molecule has 0 aliphatic rings. The van der Waals surface area contributed by atoms with Crippen LogP contribution in [0.3, 0.4) is 0 Å². The van der Waals surface area contributed by atoms with Crippen molar-refractivity contribution in [2.45, 2.75) is 5.03 Å². The summed E-state index contributed by atoms with van der Waals surface area (Å²) in [6.07, 6.45) is 2.47. The van der Waals surface area contributed by atoms with E-state index >= 15 is 0 Å². The minimum atomic E-state index is -3.60. The SMILES string of the molecule is CN(CC(=N)N)S(=O)(=O)c1cnc[nH]1. The van der Waals surface area contributed by atoms with Gasteiger partial charge < -0.3 is 10.7 Å². The number of H-pyrrole nitrogens is 1. The lowest BCUT2D eigenvalue weighted by molar-refractivity contribution is 0.501. The highest BCUT2D eigenvalue weighted by Crippen LogP contribution is 2.08. The zero-order valence-electron chi connectivity index (χ0n) is 7.56. The summed E-state index contributed by atoms with van der Waals surface area (Å²) in [7, 11) is -2.25. The first-order valence-electron chi connectivity index (χ1n) is 3.72. The van der Waals surface area contributed by atoms with Crippen molar-refractivity contribution in [1.29, 1.82) is 5.41 Å². The second-order valence-corrected chi connectivity index (χ2v) is 4.72. The van der Waals surface area contributed by atoms with E-state index in [2.05, 4.69) is 9.97 Å². The van der Waals surface area contributed by atoms with E-state index in [1.54, 1.807) is 0 Å². The third-order valence-corrected chi connectivity index (χ3v) is 3.28. The standard InChI is InChI=1S/C6H11N5O2S/c1-11(3-5(7)8)14(12,13)6-2-9-4-10-6/h2,4H,3H2,1H3,(H3,7,8)(H,9,10). The number of nitrogens with one attached hydrogen (secondary N) is 2. The van der Waals surface area contributed by atoms with Gasteiger partial charge in [0.05, 0.1) is 19.1 Å². The predicted octanol–water partition coefficient (Wildman–Crippen LogP) is -1.03. The number of hydrogen-bond acceptors (Lipinski definition) is 4. The highest BCUT2D eigenvalue weighted by molar-refractivity contribution is 7.89. The van der Waals surface area contributed by atoms with E-state index in [0.29, 0.717) is 0 Å². The van der Waals surface area contributed by atoms with Gasteiger partial charge in [0.15, 0.2) is 5.03 Å². The van der Waals surface area contributed by atoms with E-state index in [1.165, 1.54) is 19.6 Å². The lowest BCUT2D eigenvalue weighted by atomic mass is 10.6. The number of amidine groups is 1. The molecule has 14 heavy (non-hydrogen) atoms. The van der Waals surface area contributed by atoms with Crippen molar-refractivity contribution in [3.05, 3.63) is 12.5 Å². The van der Waals surface area contributed by atoms with Crippen molar-refractivity contribution in [2.75, 3.05) is 13.6 Å². The largest absolute Gasteiger partial charge is 0.387 e. The maximum Gasteiger partial charge on any atom is 0.260 e. The molecule has 0 aliphatic carbocycles. The van der Waals surface area contributed by atoms with Gasteiger partial charge in [-0.15, -0.1) is 0 Å². The normalized spacial score (nSPS) is 11.9. The summed E-state index contributed by atoms with van der Waals surface area (Å²) in [4.78, 5) is 6.08. The summed E-state index contributed by atoms with van der Waals surface area (Å²) in [6.45, 7) is -0.138. The Labute approximate surface area is 81.5 Å². The van der Waals surface area contributed by atoms with E-state index in [0.717, 1.165) is 4.31 Å². The first-order valence-corrected chi connectivity index (χ1v) is 5.16. The number of nitrogens with two attached hydrogens (primary N) is 1. The Morgan fingerprint density at radius 3 is 2.86 bits per heavy atom. The van der Waals surface area contributed by atoms with Crippen LogP contribution in [0.5, 0.6) is 0 Å². The quantitative estimate of drug-likeness (QED) is 0.441. The summed E-state index contributed by atoms with van der Waals surface area (Å²) >= 11 is 0. The van der Waals surface area contributed by atoms with Gasteiger partial charge in [-0.3, -0.25) is 5.41 Å². The first kappa shape index (κ1) is 10.7. The number of aromatic nitrogens is 2. The van der Waals surface area contributed by atoms with Crippen LogP contribution in [0.1, 0.15) is 0 Å². The monoisotopic (exact) mass is 217 g/mol. The summed E-state index contributed by atoms with van der Waals surface area (Å²) in [6, 6.07) is 0. The average Bonchev–Trinajstić information content (AvgIpc) is 2.54. The lowest BCUT2D eigenvalue weighted by Crippen LogP contribution is -2.35. The number of rotatable bonds is 4. The van der Waals surface area contributed by atoms with Crippen LogP contribution in [0.4, 0.5) is 0 Å². The smallest absolute Gasteiger partial charge is 0.260 e. The molecule has 0 bridgehead atoms. The summed E-state index contributed by atoms with van der Waals surface area (Å²) < 4.78 is 24.2. The van der Waals surface area contributed by atoms with Gasteiger partial charge in [0.1, 0.15) is 5.84 Å². The molecule has 0 aliphatic heterocycles. The number of imidazole rings is 1. The third-order valence-electron chi connectivity index (χ3n) is 1.55. The zero-order chi connectivity index (χ0) is 10.8. The Balaban J connectivity index is 2.92. The molecule has 78 valence electrons. The Bertz CT molecular complexity index is 409. The van der Waals surface area contributed by atoms with Gasteiger partial charge >= 0.3 is 0 Å². The first-order chi connectivity index (χ1) is 6.44. The van der Waals surface area contributed by atoms with Crippen LogP contribution in [0, 0.1) is 5.41 Å². The highest BCUT2D eigenvalue weighted by atomic mass is 32.2. The van der Waals surface area contributed by atoms with Crippen molar-refractivity contribution >= 4 is 15.9 Å². The van der Waals surface area contributed by atoms with Crippen molar-refractivity contribution in [2.24, 2.45) is 5.73 Å². The van der Waals surface area contributed by atoms with Gasteiger partial charge in [-0.2, -0.15) is 4.31 Å². The lowest BCUT2D eigenvalue weighted by Gasteiger charge is -2.14. The van der Waals surface area contributed by atoms with Gasteiger partial charge in [0.2, 0.25) is 0 Å². The van der Waals surface area contributed by atoms with Crippen molar-refractivity contribution in [3.63, 3.8) is 0 Å². The summed E-state index contributed by atoms with van der Waals surface area (Å²) in [5, 5.41) is 6.96. The molecular weight excluding hydrogens is 206 g/mol. The summed E-state index contributed by atoms with van der Waals surface area (Å²) in [5.74, 6) is -0.212. The fourth-order valence-corrected chi connectivity index (χ4v) is 1.92. The van der Waals surface area contributed by atoms with Crippen LogP contribution in [0.25, 0.3) is 0 Å². The fraction of sp³-hybridized carbons (Fsp3) is 0.333. The van der Waals surface area contributed by atoms with Crippen LogP contribution >= 0.6 is 0 Å². The van der Waals surface area contributed by atoms with E-state index in [4.69, 9.17) is 11.1 Å². The molecule has 4 N–H and O–H groups in total. The van der Waals surface area contributed by atoms with E-state index < -0.39 is 10.0 Å².